The van der Waals surface area contributed by atoms with Crippen LogP contribution in [0.4, 0.5) is 0 Å². The Bertz CT molecular complexity index is 659. The van der Waals surface area contributed by atoms with Gasteiger partial charge < -0.3 is 14.8 Å². The summed E-state index contributed by atoms with van der Waals surface area (Å²) >= 11 is 0. The fourth-order valence-corrected chi connectivity index (χ4v) is 1.84. The molecule has 1 amide bonds. The van der Waals surface area contributed by atoms with Crippen LogP contribution in [-0.2, 0) is 9.59 Å². The predicted octanol–water partition coefficient (Wildman–Crippen LogP) is 2.83. The van der Waals surface area contributed by atoms with E-state index in [0.717, 1.165) is 12.8 Å². The van der Waals surface area contributed by atoms with Crippen LogP contribution >= 0.6 is 0 Å². The molecule has 0 spiro atoms. The Morgan fingerprint density at radius 3 is 2.62 bits per heavy atom. The molecule has 0 bridgehead atoms. The van der Waals surface area contributed by atoms with E-state index in [0.29, 0.717) is 23.6 Å². The molecular formula is C18H22N2O4. The van der Waals surface area contributed by atoms with E-state index in [1.54, 1.807) is 25.1 Å². The van der Waals surface area contributed by atoms with Gasteiger partial charge in [-0.3, -0.25) is 9.59 Å². The molecule has 0 aliphatic heterocycles. The van der Waals surface area contributed by atoms with E-state index >= 15 is 0 Å². The minimum Gasteiger partial charge on any atom is -0.493 e. The molecule has 0 atom stereocenters. The van der Waals surface area contributed by atoms with Crippen molar-refractivity contribution in [2.24, 2.45) is 0 Å². The van der Waals surface area contributed by atoms with Gasteiger partial charge in [-0.05, 0) is 30.2 Å². The minimum absolute atomic E-state index is 0.00598. The van der Waals surface area contributed by atoms with Gasteiger partial charge in [0.1, 0.15) is 11.6 Å². The van der Waals surface area contributed by atoms with Crippen LogP contribution in [0, 0.1) is 11.3 Å². The number of carbonyl (C=O) groups is 2. The van der Waals surface area contributed by atoms with E-state index in [1.807, 2.05) is 13.0 Å². The summed E-state index contributed by atoms with van der Waals surface area (Å²) in [6.45, 7) is 4.25. The van der Waals surface area contributed by atoms with Crippen LogP contribution in [0.5, 0.6) is 11.5 Å². The molecule has 6 heteroatoms. The number of amides is 1. The van der Waals surface area contributed by atoms with Crippen molar-refractivity contribution in [1.82, 2.24) is 5.32 Å². The standard InChI is InChI=1S/C18H22N2O4/c1-4-6-9-20-18(22)14(12-19)10-13-7-8-15(16(11-13)23-3)24-17(21)5-2/h7-8,10-11H,4-6,9H2,1-3H3,(H,20,22)/b14-10+. The van der Waals surface area contributed by atoms with Gasteiger partial charge in [0.25, 0.3) is 5.91 Å². The highest BCUT2D eigenvalue weighted by Gasteiger charge is 2.11. The first-order chi connectivity index (χ1) is 11.5. The van der Waals surface area contributed by atoms with E-state index in [4.69, 9.17) is 14.7 Å². The zero-order chi connectivity index (χ0) is 17.9. The van der Waals surface area contributed by atoms with E-state index < -0.39 is 5.91 Å². The maximum atomic E-state index is 12.0. The van der Waals surface area contributed by atoms with Gasteiger partial charge in [-0.25, -0.2) is 0 Å². The highest BCUT2D eigenvalue weighted by atomic mass is 16.6. The number of nitrogens with zero attached hydrogens (tertiary/aromatic N) is 1. The first-order valence-corrected chi connectivity index (χ1v) is 7.84. The molecule has 0 unspecified atom stereocenters. The summed E-state index contributed by atoms with van der Waals surface area (Å²) in [7, 11) is 1.45. The quantitative estimate of drug-likeness (QED) is 0.260. The summed E-state index contributed by atoms with van der Waals surface area (Å²) in [5.74, 6) is -0.127. The molecule has 1 rings (SSSR count). The van der Waals surface area contributed by atoms with Gasteiger partial charge in [0.2, 0.25) is 0 Å². The highest BCUT2D eigenvalue weighted by Crippen LogP contribution is 2.29. The zero-order valence-electron chi connectivity index (χ0n) is 14.2. The Labute approximate surface area is 142 Å². The molecule has 1 N–H and O–H groups in total. The summed E-state index contributed by atoms with van der Waals surface area (Å²) in [5.41, 5.74) is 0.608. The zero-order valence-corrected chi connectivity index (χ0v) is 14.2. The highest BCUT2D eigenvalue weighted by molar-refractivity contribution is 6.01. The van der Waals surface area contributed by atoms with Crippen molar-refractivity contribution in [3.63, 3.8) is 0 Å². The van der Waals surface area contributed by atoms with Crippen LogP contribution in [0.15, 0.2) is 23.8 Å². The van der Waals surface area contributed by atoms with Gasteiger partial charge in [-0.15, -0.1) is 0 Å². The van der Waals surface area contributed by atoms with Gasteiger partial charge in [0.15, 0.2) is 11.5 Å². The van der Waals surface area contributed by atoms with Gasteiger partial charge in [0.05, 0.1) is 7.11 Å². The number of hydrogen-bond donors (Lipinski definition) is 1. The molecule has 1 aromatic rings. The van der Waals surface area contributed by atoms with Gasteiger partial charge in [-0.2, -0.15) is 5.26 Å². The van der Waals surface area contributed by atoms with Crippen LogP contribution in [0.2, 0.25) is 0 Å². The molecule has 0 heterocycles. The Balaban J connectivity index is 2.97. The fourth-order valence-electron chi connectivity index (χ4n) is 1.84. The lowest BCUT2D eigenvalue weighted by atomic mass is 10.1. The Morgan fingerprint density at radius 2 is 2.04 bits per heavy atom. The first-order valence-electron chi connectivity index (χ1n) is 7.84. The summed E-state index contributed by atoms with van der Waals surface area (Å²) < 4.78 is 10.4. The number of nitriles is 1. The molecule has 1 aromatic carbocycles. The molecule has 0 radical (unpaired) electrons. The lowest BCUT2D eigenvalue weighted by Crippen LogP contribution is -2.25. The summed E-state index contributed by atoms with van der Waals surface area (Å²) in [6, 6.07) is 6.72. The fraction of sp³-hybridized carbons (Fsp3) is 0.389. The third-order valence-electron chi connectivity index (χ3n) is 3.19. The Morgan fingerprint density at radius 1 is 1.29 bits per heavy atom. The van der Waals surface area contributed by atoms with Crippen molar-refractivity contribution in [2.75, 3.05) is 13.7 Å². The first kappa shape index (κ1) is 19.2. The second-order valence-electron chi connectivity index (χ2n) is 5.02. The molecule has 128 valence electrons. The largest absolute Gasteiger partial charge is 0.493 e. The van der Waals surface area contributed by atoms with Gasteiger partial charge in [0, 0.05) is 13.0 Å². The normalized spacial score (nSPS) is 10.7. The van der Waals surface area contributed by atoms with Crippen molar-refractivity contribution in [3.05, 3.63) is 29.3 Å². The molecule has 0 fully saturated rings. The number of nitrogens with one attached hydrogen (secondary N) is 1. The number of methoxy groups -OCH3 is 1. The van der Waals surface area contributed by atoms with E-state index in [9.17, 15) is 9.59 Å². The number of carbonyl (C=O) groups excluding carboxylic acids is 2. The summed E-state index contributed by atoms with van der Waals surface area (Å²) in [5, 5.41) is 11.9. The lowest BCUT2D eigenvalue weighted by molar-refractivity contribution is -0.134. The van der Waals surface area contributed by atoms with E-state index in [1.165, 1.54) is 13.2 Å². The van der Waals surface area contributed by atoms with E-state index in [2.05, 4.69) is 5.32 Å². The Kier molecular flexibility index (Phi) is 8.06. The molecule has 0 aliphatic carbocycles. The van der Waals surface area contributed by atoms with Crippen molar-refractivity contribution in [3.8, 4) is 17.6 Å². The van der Waals surface area contributed by atoms with Gasteiger partial charge in [-0.1, -0.05) is 26.3 Å². The number of rotatable bonds is 8. The molecule has 0 aromatic heterocycles. The third-order valence-corrected chi connectivity index (χ3v) is 3.19. The molecule has 6 nitrogen and oxygen atoms in total. The smallest absolute Gasteiger partial charge is 0.311 e. The number of unbranched alkanes of at least 4 members (excludes halogenated alkanes) is 1. The maximum absolute atomic E-state index is 12.0. The van der Waals surface area contributed by atoms with Crippen LogP contribution in [0.25, 0.3) is 6.08 Å². The van der Waals surface area contributed by atoms with Crippen molar-refractivity contribution >= 4 is 18.0 Å². The third kappa shape index (κ3) is 5.76. The minimum atomic E-state index is -0.411. The molecule has 0 saturated carbocycles. The van der Waals surface area contributed by atoms with Crippen LogP contribution < -0.4 is 14.8 Å². The number of hydrogen-bond acceptors (Lipinski definition) is 5. The monoisotopic (exact) mass is 330 g/mol. The van der Waals surface area contributed by atoms with Crippen LogP contribution in [0.3, 0.4) is 0 Å². The number of benzene rings is 1. The SMILES string of the molecule is CCCCNC(=O)/C(C#N)=C/c1ccc(OC(=O)CC)c(OC)c1. The predicted molar refractivity (Wildman–Crippen MR) is 90.4 cm³/mol. The summed E-state index contributed by atoms with van der Waals surface area (Å²) in [4.78, 5) is 23.3. The number of esters is 1. The lowest BCUT2D eigenvalue weighted by Gasteiger charge is -2.09. The van der Waals surface area contributed by atoms with Gasteiger partial charge >= 0.3 is 5.97 Å². The molecule has 0 saturated heterocycles. The average Bonchev–Trinajstić information content (AvgIpc) is 2.60. The van der Waals surface area contributed by atoms with Crippen LogP contribution in [-0.4, -0.2) is 25.5 Å². The van der Waals surface area contributed by atoms with E-state index in [-0.39, 0.29) is 18.0 Å². The maximum Gasteiger partial charge on any atom is 0.311 e. The average molecular weight is 330 g/mol. The number of ether oxygens (including phenoxy) is 2. The second kappa shape index (κ2) is 10.1. The molecule has 24 heavy (non-hydrogen) atoms. The topological polar surface area (TPSA) is 88.4 Å². The second-order valence-corrected chi connectivity index (χ2v) is 5.02. The molecular weight excluding hydrogens is 308 g/mol. The van der Waals surface area contributed by atoms with Crippen molar-refractivity contribution < 1.29 is 19.1 Å². The van der Waals surface area contributed by atoms with Crippen LogP contribution in [0.1, 0.15) is 38.7 Å². The van der Waals surface area contributed by atoms with Crippen molar-refractivity contribution in [2.45, 2.75) is 33.1 Å². The van der Waals surface area contributed by atoms with Crippen molar-refractivity contribution in [1.29, 1.82) is 5.26 Å². The molecule has 0 aliphatic rings. The summed E-state index contributed by atoms with van der Waals surface area (Å²) in [6.07, 6.45) is 3.54. The Hall–Kier alpha value is -2.81.